The van der Waals surface area contributed by atoms with E-state index in [0.29, 0.717) is 30.8 Å². The number of piperidine rings is 1. The molecule has 0 aliphatic carbocycles. The van der Waals surface area contributed by atoms with E-state index in [1.807, 2.05) is 35.6 Å². The number of aromatic nitrogens is 2. The quantitative estimate of drug-likeness (QED) is 0.659. The summed E-state index contributed by atoms with van der Waals surface area (Å²) in [6.07, 6.45) is 5.77. The van der Waals surface area contributed by atoms with Crippen molar-refractivity contribution in [2.24, 2.45) is 10.9 Å². The molecule has 1 fully saturated rings. The van der Waals surface area contributed by atoms with E-state index < -0.39 is 5.92 Å². The minimum Gasteiger partial charge on any atom is -0.351 e. The zero-order valence-corrected chi connectivity index (χ0v) is 20.7. The molecule has 2 aliphatic rings. The molecule has 2 aromatic rings. The van der Waals surface area contributed by atoms with Crippen LogP contribution in [-0.2, 0) is 9.59 Å². The third-order valence-corrected chi connectivity index (χ3v) is 6.89. The van der Waals surface area contributed by atoms with Crippen LogP contribution in [-0.4, -0.2) is 57.7 Å². The van der Waals surface area contributed by atoms with Crippen molar-refractivity contribution in [3.05, 3.63) is 40.0 Å². The number of hydrogen-bond donors (Lipinski definition) is 1. The molecule has 0 bridgehead atoms. The molecule has 3 amide bonds. The fourth-order valence-corrected chi connectivity index (χ4v) is 5.07. The third kappa shape index (κ3) is 4.78. The van der Waals surface area contributed by atoms with E-state index in [2.05, 4.69) is 31.3 Å². The van der Waals surface area contributed by atoms with E-state index >= 15 is 0 Å². The fraction of sp³-hybridized carbons (Fsp3) is 0.458. The maximum atomic E-state index is 13.1. The Labute approximate surface area is 201 Å². The van der Waals surface area contributed by atoms with Gasteiger partial charge >= 0.3 is 0 Å². The van der Waals surface area contributed by atoms with Gasteiger partial charge in [-0.25, -0.2) is 4.99 Å². The Kier molecular flexibility index (Phi) is 6.78. The molecule has 1 unspecified atom stereocenters. The number of nitrogens with zero attached hydrogens (tertiary/aromatic N) is 4. The van der Waals surface area contributed by atoms with Crippen molar-refractivity contribution in [3.8, 4) is 0 Å². The number of likely N-dealkylation sites (tertiary alicyclic amines) is 1. The first-order valence-electron chi connectivity index (χ1n) is 11.3. The van der Waals surface area contributed by atoms with Gasteiger partial charge in [0, 0.05) is 41.6 Å². The highest BCUT2D eigenvalue weighted by Crippen LogP contribution is 2.30. The molecule has 1 aromatic carbocycles. The Balaban J connectivity index is 1.52. The molecule has 1 saturated heterocycles. The maximum absolute atomic E-state index is 13.1. The molecule has 8 nitrogen and oxygen atoms in total. The first kappa shape index (κ1) is 23.4. The summed E-state index contributed by atoms with van der Waals surface area (Å²) < 4.78 is 2.75. The van der Waals surface area contributed by atoms with Crippen molar-refractivity contribution in [2.75, 3.05) is 19.6 Å². The summed E-state index contributed by atoms with van der Waals surface area (Å²) in [5.74, 6) is -0.745. The Bertz CT molecular complexity index is 1170. The Morgan fingerprint density at radius 2 is 1.94 bits per heavy atom. The van der Waals surface area contributed by atoms with Gasteiger partial charge in [0.1, 0.15) is 0 Å². The third-order valence-electron chi connectivity index (χ3n) is 6.43. The van der Waals surface area contributed by atoms with Gasteiger partial charge in [0.15, 0.2) is 0 Å². The van der Waals surface area contributed by atoms with E-state index in [1.54, 1.807) is 19.2 Å². The van der Waals surface area contributed by atoms with Crippen molar-refractivity contribution in [2.45, 2.75) is 46.1 Å². The number of nitrogens with one attached hydrogen (secondary N) is 1. The van der Waals surface area contributed by atoms with Gasteiger partial charge < -0.3 is 10.2 Å². The molecule has 3 heterocycles. The number of carbonyl (C=O) groups is 3. The lowest BCUT2D eigenvalue weighted by molar-refractivity contribution is -0.132. The van der Waals surface area contributed by atoms with E-state index in [-0.39, 0.29) is 30.3 Å². The summed E-state index contributed by atoms with van der Waals surface area (Å²) in [6.45, 7) is 7.18. The molecule has 33 heavy (non-hydrogen) atoms. The molecule has 1 N–H and O–H groups in total. The molecule has 4 rings (SSSR count). The normalized spacial score (nSPS) is 19.5. The van der Waals surface area contributed by atoms with Crippen LogP contribution in [0.1, 0.15) is 56.4 Å². The van der Waals surface area contributed by atoms with Crippen molar-refractivity contribution in [1.82, 2.24) is 20.0 Å². The van der Waals surface area contributed by atoms with Crippen molar-refractivity contribution in [1.29, 1.82) is 0 Å². The average molecular weight is 514 g/mol. The lowest BCUT2D eigenvalue weighted by Crippen LogP contribution is -2.38. The lowest BCUT2D eigenvalue weighted by Gasteiger charge is -2.32. The van der Waals surface area contributed by atoms with E-state index in [4.69, 9.17) is 0 Å². The molecule has 0 radical (unpaired) electrons. The SMILES string of the molecule is CCC(=O)N1CCC(n2ncc3c(C(=O)NCC4C(=O)N=C(C)C=C4C)cc(Br)cc32)CC1. The minimum absolute atomic E-state index is 0.169. The highest BCUT2D eigenvalue weighted by atomic mass is 79.9. The maximum Gasteiger partial charge on any atom is 0.254 e. The molecule has 2 aliphatic heterocycles. The first-order chi connectivity index (χ1) is 15.8. The van der Waals surface area contributed by atoms with E-state index in [1.165, 1.54) is 0 Å². The smallest absolute Gasteiger partial charge is 0.254 e. The molecule has 0 spiro atoms. The number of hydrogen-bond acceptors (Lipinski definition) is 4. The number of fused-ring (bicyclic) bond motifs is 1. The highest BCUT2D eigenvalue weighted by Gasteiger charge is 2.27. The Hall–Kier alpha value is -2.81. The van der Waals surface area contributed by atoms with Crippen molar-refractivity contribution >= 4 is 50.3 Å². The van der Waals surface area contributed by atoms with Crippen LogP contribution in [0.5, 0.6) is 0 Å². The minimum atomic E-state index is -0.445. The van der Waals surface area contributed by atoms with Crippen LogP contribution in [0.2, 0.25) is 0 Å². The molecule has 174 valence electrons. The topological polar surface area (TPSA) is 96.7 Å². The van der Waals surface area contributed by atoms with Gasteiger partial charge in [-0.15, -0.1) is 0 Å². The number of dihydropyridines is 1. The fourth-order valence-electron chi connectivity index (χ4n) is 4.62. The van der Waals surface area contributed by atoms with Gasteiger partial charge in [0.2, 0.25) is 5.91 Å². The van der Waals surface area contributed by atoms with Crippen molar-refractivity contribution in [3.63, 3.8) is 0 Å². The molecule has 1 aromatic heterocycles. The number of carbonyl (C=O) groups excluding carboxylic acids is 3. The van der Waals surface area contributed by atoms with Crippen LogP contribution in [0.3, 0.4) is 0 Å². The second-order valence-corrected chi connectivity index (χ2v) is 9.60. The standard InChI is InChI=1S/C24H28BrN5O3/c1-4-22(31)29-7-5-17(6-8-29)30-21-11-16(25)10-18(20(21)13-27-30)23(32)26-12-19-14(2)9-15(3)28-24(19)33/h9-11,13,17,19H,4-8,12H2,1-3H3,(H,26,32). The summed E-state index contributed by atoms with van der Waals surface area (Å²) in [7, 11) is 0. The number of allylic oxidation sites excluding steroid dienone is 1. The van der Waals surface area contributed by atoms with Gasteiger partial charge in [0.05, 0.1) is 29.2 Å². The summed E-state index contributed by atoms with van der Waals surface area (Å²) in [5.41, 5.74) is 2.97. The van der Waals surface area contributed by atoms with Crippen molar-refractivity contribution < 1.29 is 14.4 Å². The average Bonchev–Trinajstić information content (AvgIpc) is 3.20. The number of rotatable bonds is 5. The van der Waals surface area contributed by atoms with Gasteiger partial charge in [-0.05, 0) is 44.9 Å². The predicted octanol–water partition coefficient (Wildman–Crippen LogP) is 3.67. The number of benzene rings is 1. The Morgan fingerprint density at radius 3 is 2.61 bits per heavy atom. The number of halogens is 1. The molecular formula is C24H28BrN5O3. The predicted molar refractivity (Wildman–Crippen MR) is 130 cm³/mol. The summed E-state index contributed by atoms with van der Waals surface area (Å²) >= 11 is 3.53. The van der Waals surface area contributed by atoms with E-state index in [0.717, 1.165) is 33.8 Å². The van der Waals surface area contributed by atoms with Crippen LogP contribution < -0.4 is 5.32 Å². The summed E-state index contributed by atoms with van der Waals surface area (Å²) in [5, 5.41) is 8.28. The second kappa shape index (κ2) is 9.59. The summed E-state index contributed by atoms with van der Waals surface area (Å²) in [4.78, 5) is 43.3. The molecule has 1 atom stereocenters. The number of aliphatic imine (C=N–C) groups is 1. The van der Waals surface area contributed by atoms with Gasteiger partial charge in [-0.3, -0.25) is 19.1 Å². The first-order valence-corrected chi connectivity index (χ1v) is 12.1. The monoisotopic (exact) mass is 513 g/mol. The van der Waals surface area contributed by atoms with Crippen LogP contribution in [0.25, 0.3) is 10.9 Å². The van der Waals surface area contributed by atoms with E-state index in [9.17, 15) is 14.4 Å². The van der Waals surface area contributed by atoms with Crippen LogP contribution in [0, 0.1) is 5.92 Å². The zero-order chi connectivity index (χ0) is 23.7. The molecule has 0 saturated carbocycles. The van der Waals surface area contributed by atoms with Gasteiger partial charge in [-0.1, -0.05) is 28.4 Å². The second-order valence-electron chi connectivity index (χ2n) is 8.68. The van der Waals surface area contributed by atoms with Gasteiger partial charge in [-0.2, -0.15) is 5.10 Å². The zero-order valence-electron chi connectivity index (χ0n) is 19.1. The van der Waals surface area contributed by atoms with Crippen LogP contribution in [0.15, 0.2) is 39.4 Å². The van der Waals surface area contributed by atoms with Crippen LogP contribution in [0.4, 0.5) is 0 Å². The highest BCUT2D eigenvalue weighted by molar-refractivity contribution is 9.10. The lowest BCUT2D eigenvalue weighted by atomic mass is 9.95. The largest absolute Gasteiger partial charge is 0.351 e. The molecular weight excluding hydrogens is 486 g/mol. The van der Waals surface area contributed by atoms with Gasteiger partial charge in [0.25, 0.3) is 11.8 Å². The summed E-state index contributed by atoms with van der Waals surface area (Å²) in [6, 6.07) is 3.92. The Morgan fingerprint density at radius 1 is 1.21 bits per heavy atom. The number of amides is 3. The van der Waals surface area contributed by atoms with Crippen LogP contribution >= 0.6 is 15.9 Å². The molecule has 9 heteroatoms.